The number of nitrogens with zero attached hydrogens (tertiary/aromatic N) is 2. The van der Waals surface area contributed by atoms with Crippen molar-refractivity contribution in [2.75, 3.05) is 39.0 Å². The number of amides is 1. The quantitative estimate of drug-likeness (QED) is 0.641. The Hall–Kier alpha value is -1.19. The summed E-state index contributed by atoms with van der Waals surface area (Å²) in [7, 11) is -3.43. The molecule has 2 aliphatic rings. The Labute approximate surface area is 124 Å². The number of carbonyl (C=O) groups excluding carboxylic acids is 1. The Bertz CT molecular complexity index is 517. The first kappa shape index (κ1) is 16.2. The van der Waals surface area contributed by atoms with Crippen molar-refractivity contribution in [2.45, 2.75) is 18.9 Å². The van der Waals surface area contributed by atoms with Gasteiger partial charge in [-0.2, -0.15) is 4.31 Å². The summed E-state index contributed by atoms with van der Waals surface area (Å²) in [6.07, 6.45) is 3.05. The van der Waals surface area contributed by atoms with Gasteiger partial charge in [0.2, 0.25) is 15.9 Å². The first-order valence-corrected chi connectivity index (χ1v) is 8.80. The van der Waals surface area contributed by atoms with E-state index in [0.29, 0.717) is 6.54 Å². The van der Waals surface area contributed by atoms with Gasteiger partial charge in [0.1, 0.15) is 0 Å². The van der Waals surface area contributed by atoms with Crippen molar-refractivity contribution in [3.63, 3.8) is 0 Å². The highest BCUT2D eigenvalue weighted by atomic mass is 32.2. The topological polar surface area (TPSA) is 107 Å². The molecule has 2 rings (SSSR count). The molecular formula is C12H21N3O5S. The molecule has 1 heterocycles. The molecule has 8 nitrogen and oxygen atoms in total. The van der Waals surface area contributed by atoms with Crippen LogP contribution in [0.2, 0.25) is 0 Å². The van der Waals surface area contributed by atoms with Crippen LogP contribution in [-0.4, -0.2) is 79.6 Å². The van der Waals surface area contributed by atoms with Gasteiger partial charge in [-0.25, -0.2) is 8.42 Å². The standard InChI is InChI=1S/C12H21N3O5S/c1-21(19,20)15-5-4-14(6-9(7-15)12(17)18)8-11(16)13-10-2-3-10/h9-10H,2-8H2,1H3,(H,13,16)(H,17,18)/t9-/m1/s1. The normalized spacial score (nSPS) is 25.3. The number of carboxylic acids is 1. The second-order valence-electron chi connectivity index (χ2n) is 5.73. The summed E-state index contributed by atoms with van der Waals surface area (Å²) in [5.41, 5.74) is 0. The predicted octanol–water partition coefficient (Wildman–Crippen LogP) is -1.46. The highest BCUT2D eigenvalue weighted by Crippen LogP contribution is 2.18. The molecule has 0 bridgehead atoms. The largest absolute Gasteiger partial charge is 0.481 e. The van der Waals surface area contributed by atoms with Crippen molar-refractivity contribution in [2.24, 2.45) is 5.92 Å². The summed E-state index contributed by atoms with van der Waals surface area (Å²) in [4.78, 5) is 24.8. The van der Waals surface area contributed by atoms with Crippen LogP contribution >= 0.6 is 0 Å². The zero-order valence-corrected chi connectivity index (χ0v) is 12.8. The minimum atomic E-state index is -3.43. The van der Waals surface area contributed by atoms with Gasteiger partial charge in [-0.15, -0.1) is 0 Å². The van der Waals surface area contributed by atoms with E-state index in [-0.39, 0.29) is 38.1 Å². The number of hydrogen-bond acceptors (Lipinski definition) is 5. The molecule has 9 heteroatoms. The Morgan fingerprint density at radius 2 is 1.90 bits per heavy atom. The number of carboxylic acid groups (broad SMARTS) is 1. The van der Waals surface area contributed by atoms with E-state index in [1.165, 1.54) is 4.31 Å². The summed E-state index contributed by atoms with van der Waals surface area (Å²) in [5, 5.41) is 12.1. The number of sulfonamides is 1. The molecular weight excluding hydrogens is 298 g/mol. The molecule has 2 N–H and O–H groups in total. The lowest BCUT2D eigenvalue weighted by Crippen LogP contribution is -2.41. The van der Waals surface area contributed by atoms with Crippen LogP contribution in [0.1, 0.15) is 12.8 Å². The maximum atomic E-state index is 11.8. The number of rotatable bonds is 5. The molecule has 21 heavy (non-hydrogen) atoms. The minimum absolute atomic E-state index is 0.0467. The summed E-state index contributed by atoms with van der Waals surface area (Å²) >= 11 is 0. The van der Waals surface area contributed by atoms with Crippen molar-refractivity contribution >= 4 is 21.9 Å². The van der Waals surface area contributed by atoms with E-state index in [1.54, 1.807) is 4.90 Å². The predicted molar refractivity (Wildman–Crippen MR) is 75.1 cm³/mol. The third-order valence-corrected chi connectivity index (χ3v) is 4.97. The van der Waals surface area contributed by atoms with Crippen molar-refractivity contribution in [1.82, 2.24) is 14.5 Å². The first-order chi connectivity index (χ1) is 9.75. The fourth-order valence-electron chi connectivity index (χ4n) is 2.36. The number of nitrogens with one attached hydrogen (secondary N) is 1. The van der Waals surface area contributed by atoms with Gasteiger partial charge in [0, 0.05) is 32.2 Å². The lowest BCUT2D eigenvalue weighted by atomic mass is 10.1. The van der Waals surface area contributed by atoms with E-state index in [4.69, 9.17) is 0 Å². The van der Waals surface area contributed by atoms with E-state index in [2.05, 4.69) is 5.32 Å². The summed E-state index contributed by atoms with van der Waals surface area (Å²) < 4.78 is 24.4. The molecule has 1 atom stereocenters. The zero-order valence-electron chi connectivity index (χ0n) is 12.0. The van der Waals surface area contributed by atoms with Crippen LogP contribution in [0, 0.1) is 5.92 Å². The van der Waals surface area contributed by atoms with Crippen LogP contribution in [-0.2, 0) is 19.6 Å². The average molecular weight is 319 g/mol. The molecule has 0 aromatic heterocycles. The minimum Gasteiger partial charge on any atom is -0.481 e. The summed E-state index contributed by atoms with van der Waals surface area (Å²) in [6, 6.07) is 0.257. The highest BCUT2D eigenvalue weighted by molar-refractivity contribution is 7.88. The van der Waals surface area contributed by atoms with Crippen molar-refractivity contribution < 1.29 is 23.1 Å². The molecule has 1 amide bonds. The maximum Gasteiger partial charge on any atom is 0.309 e. The molecule has 0 aromatic rings. The van der Waals surface area contributed by atoms with Crippen LogP contribution < -0.4 is 5.32 Å². The molecule has 1 aliphatic heterocycles. The molecule has 0 spiro atoms. The second-order valence-corrected chi connectivity index (χ2v) is 7.72. The van der Waals surface area contributed by atoms with Crippen molar-refractivity contribution in [1.29, 1.82) is 0 Å². The van der Waals surface area contributed by atoms with E-state index in [1.807, 2.05) is 0 Å². The molecule has 0 aromatic carbocycles. The lowest BCUT2D eigenvalue weighted by Gasteiger charge is -2.21. The Morgan fingerprint density at radius 3 is 2.43 bits per heavy atom. The van der Waals surface area contributed by atoms with Gasteiger partial charge >= 0.3 is 5.97 Å². The number of carbonyl (C=O) groups is 2. The number of aliphatic carboxylic acids is 1. The third kappa shape index (κ3) is 4.94. The number of hydrogen-bond donors (Lipinski definition) is 2. The zero-order chi connectivity index (χ0) is 15.6. The second kappa shape index (κ2) is 6.29. The Kier molecular flexibility index (Phi) is 4.84. The molecule has 2 fully saturated rings. The fourth-order valence-corrected chi connectivity index (χ4v) is 3.22. The summed E-state index contributed by atoms with van der Waals surface area (Å²) in [6.45, 7) is 0.806. The smallest absolute Gasteiger partial charge is 0.309 e. The van der Waals surface area contributed by atoms with Crippen LogP contribution in [0.4, 0.5) is 0 Å². The molecule has 0 radical (unpaired) electrons. The Balaban J connectivity index is 1.99. The first-order valence-electron chi connectivity index (χ1n) is 6.95. The molecule has 1 saturated heterocycles. The van der Waals surface area contributed by atoms with Gasteiger partial charge in [0.05, 0.1) is 18.7 Å². The van der Waals surface area contributed by atoms with Gasteiger partial charge in [0.15, 0.2) is 0 Å². The highest BCUT2D eigenvalue weighted by Gasteiger charge is 2.32. The molecule has 1 saturated carbocycles. The Morgan fingerprint density at radius 1 is 1.24 bits per heavy atom. The maximum absolute atomic E-state index is 11.8. The molecule has 0 unspecified atom stereocenters. The van der Waals surface area contributed by atoms with Gasteiger partial charge in [-0.1, -0.05) is 0 Å². The van der Waals surface area contributed by atoms with E-state index < -0.39 is 21.9 Å². The SMILES string of the molecule is CS(=O)(=O)N1CCN(CC(=O)NC2CC2)C[C@@H](C(=O)O)C1. The van der Waals surface area contributed by atoms with Crippen LogP contribution in [0.15, 0.2) is 0 Å². The van der Waals surface area contributed by atoms with Crippen molar-refractivity contribution in [3.8, 4) is 0 Å². The molecule has 1 aliphatic carbocycles. The van der Waals surface area contributed by atoms with E-state index in [9.17, 15) is 23.1 Å². The average Bonchev–Trinajstić information content (AvgIpc) is 3.14. The van der Waals surface area contributed by atoms with Crippen LogP contribution in [0.3, 0.4) is 0 Å². The van der Waals surface area contributed by atoms with Crippen molar-refractivity contribution in [3.05, 3.63) is 0 Å². The van der Waals surface area contributed by atoms with Crippen LogP contribution in [0.5, 0.6) is 0 Å². The van der Waals surface area contributed by atoms with Gasteiger partial charge in [-0.3, -0.25) is 14.5 Å². The van der Waals surface area contributed by atoms with Gasteiger partial charge in [-0.05, 0) is 12.8 Å². The van der Waals surface area contributed by atoms with Gasteiger partial charge < -0.3 is 10.4 Å². The van der Waals surface area contributed by atoms with Crippen LogP contribution in [0.25, 0.3) is 0 Å². The fraction of sp³-hybridized carbons (Fsp3) is 0.833. The summed E-state index contributed by atoms with van der Waals surface area (Å²) in [5.74, 6) is -2.00. The van der Waals surface area contributed by atoms with E-state index >= 15 is 0 Å². The van der Waals surface area contributed by atoms with Gasteiger partial charge in [0.25, 0.3) is 0 Å². The lowest BCUT2D eigenvalue weighted by molar-refractivity contribution is -0.142. The third-order valence-electron chi connectivity index (χ3n) is 3.70. The monoisotopic (exact) mass is 319 g/mol. The van der Waals surface area contributed by atoms with E-state index in [0.717, 1.165) is 19.1 Å². The molecule has 120 valence electrons.